The molecule has 3 heteroatoms. The molecule has 1 aliphatic carbocycles. The van der Waals surface area contributed by atoms with E-state index < -0.39 is 0 Å². The second-order valence-corrected chi connectivity index (χ2v) is 2.20. The van der Waals surface area contributed by atoms with E-state index in [9.17, 15) is 0 Å². The molecule has 0 saturated heterocycles. The summed E-state index contributed by atoms with van der Waals surface area (Å²) >= 11 is 0. The monoisotopic (exact) mass is 146 g/mol. The summed E-state index contributed by atoms with van der Waals surface area (Å²) in [5.74, 6) is 0. The first-order valence-electron chi connectivity index (χ1n) is 3.28. The molecule has 11 heavy (non-hydrogen) atoms. The molecule has 0 unspecified atom stereocenters. The molecule has 0 saturated carbocycles. The van der Waals surface area contributed by atoms with E-state index in [0.29, 0.717) is 11.4 Å². The van der Waals surface area contributed by atoms with Crippen LogP contribution >= 0.6 is 0 Å². The minimum atomic E-state index is -0.161. The predicted octanol–water partition coefficient (Wildman–Crippen LogP) is 1.29. The third kappa shape index (κ3) is 1.00. The molecule has 0 aromatic rings. The molecule has 0 fully saturated rings. The molecular weight excluding hydrogens is 140 g/mol. The molecule has 3 nitrogen and oxygen atoms in total. The molecule has 0 bridgehead atoms. The van der Waals surface area contributed by atoms with Gasteiger partial charge in [0.2, 0.25) is 0 Å². The third-order valence-corrected chi connectivity index (χ3v) is 1.43. The standard InChI is InChI=1S/C8H6N2O/c11-8-9-6-4-2-1-3-5-7(6)10-8/h1-5H,(H,9,10,11). The number of fused-ring (bicyclic) bond motifs is 1. The number of aromatic hydroxyl groups is 1. The van der Waals surface area contributed by atoms with Crippen LogP contribution < -0.4 is 0 Å². The van der Waals surface area contributed by atoms with Gasteiger partial charge in [-0.15, -0.1) is 0 Å². The van der Waals surface area contributed by atoms with Gasteiger partial charge in [0.15, 0.2) is 0 Å². The average molecular weight is 146 g/mol. The lowest BCUT2D eigenvalue weighted by atomic mass is 10.3. The van der Waals surface area contributed by atoms with Crippen LogP contribution in [0.5, 0.6) is 6.01 Å². The Morgan fingerprint density at radius 1 is 0.909 bits per heavy atom. The zero-order valence-electron chi connectivity index (χ0n) is 5.73. The van der Waals surface area contributed by atoms with Gasteiger partial charge in [-0.3, -0.25) is 0 Å². The molecule has 0 spiro atoms. The molecule has 0 aromatic heterocycles. The highest BCUT2D eigenvalue weighted by atomic mass is 16.3. The summed E-state index contributed by atoms with van der Waals surface area (Å²) in [5.41, 5.74) is 1.43. The number of rotatable bonds is 0. The Hall–Kier alpha value is -1.64. The first kappa shape index (κ1) is 6.09. The average Bonchev–Trinajstić information content (AvgIpc) is 2.17. The van der Waals surface area contributed by atoms with E-state index in [-0.39, 0.29) is 6.01 Å². The smallest absolute Gasteiger partial charge is 0.315 e. The number of imidazole rings is 1. The molecule has 1 heterocycles. The van der Waals surface area contributed by atoms with Gasteiger partial charge in [0, 0.05) is 0 Å². The predicted molar refractivity (Wildman–Crippen MR) is 40.3 cm³/mol. The molecule has 1 aliphatic heterocycles. The Morgan fingerprint density at radius 3 is 2.00 bits per heavy atom. The lowest BCUT2D eigenvalue weighted by molar-refractivity contribution is 0.438. The van der Waals surface area contributed by atoms with Gasteiger partial charge in [-0.1, -0.05) is 18.2 Å². The van der Waals surface area contributed by atoms with Gasteiger partial charge in [-0.25, -0.2) is 0 Å². The summed E-state index contributed by atoms with van der Waals surface area (Å²) in [6, 6.07) is 9.06. The molecule has 54 valence electrons. The maximum absolute atomic E-state index is 8.92. The minimum absolute atomic E-state index is 0.161. The lowest BCUT2D eigenvalue weighted by Crippen LogP contribution is -1.67. The molecule has 0 amide bonds. The number of hydrogen-bond donors (Lipinski definition) is 1. The second kappa shape index (κ2) is 2.20. The summed E-state index contributed by atoms with van der Waals surface area (Å²) in [7, 11) is 0. The van der Waals surface area contributed by atoms with E-state index >= 15 is 0 Å². The normalized spacial score (nSPS) is 10.2. The van der Waals surface area contributed by atoms with Crippen LogP contribution in [0.1, 0.15) is 0 Å². The lowest BCUT2D eigenvalue weighted by Gasteiger charge is -1.80. The van der Waals surface area contributed by atoms with Gasteiger partial charge in [-0.05, 0) is 12.1 Å². The van der Waals surface area contributed by atoms with Crippen LogP contribution in [-0.4, -0.2) is 15.1 Å². The Balaban J connectivity index is 2.73. The molecule has 0 radical (unpaired) electrons. The van der Waals surface area contributed by atoms with Crippen LogP contribution in [0.2, 0.25) is 0 Å². The van der Waals surface area contributed by atoms with E-state index in [2.05, 4.69) is 9.97 Å². The molecule has 0 atom stereocenters. The van der Waals surface area contributed by atoms with Gasteiger partial charge in [0.05, 0.1) is 11.4 Å². The van der Waals surface area contributed by atoms with Crippen molar-refractivity contribution in [3.8, 4) is 17.4 Å². The summed E-state index contributed by atoms with van der Waals surface area (Å²) < 4.78 is 0. The van der Waals surface area contributed by atoms with Crippen molar-refractivity contribution in [1.29, 1.82) is 0 Å². The van der Waals surface area contributed by atoms with Crippen LogP contribution in [0, 0.1) is 0 Å². The third-order valence-electron chi connectivity index (χ3n) is 1.43. The minimum Gasteiger partial charge on any atom is -0.479 e. The van der Waals surface area contributed by atoms with Crippen molar-refractivity contribution in [3.63, 3.8) is 0 Å². The van der Waals surface area contributed by atoms with Gasteiger partial charge in [0.25, 0.3) is 0 Å². The van der Waals surface area contributed by atoms with Crippen molar-refractivity contribution in [1.82, 2.24) is 9.97 Å². The number of nitrogens with zero attached hydrogens (tertiary/aromatic N) is 2. The first-order valence-corrected chi connectivity index (χ1v) is 3.28. The van der Waals surface area contributed by atoms with Gasteiger partial charge in [-0.2, -0.15) is 9.97 Å². The van der Waals surface area contributed by atoms with E-state index in [0.717, 1.165) is 0 Å². The quantitative estimate of drug-likeness (QED) is 0.609. The fourth-order valence-corrected chi connectivity index (χ4v) is 0.958. The Bertz CT molecular complexity index is 317. The highest BCUT2D eigenvalue weighted by molar-refractivity contribution is 5.55. The van der Waals surface area contributed by atoms with Crippen molar-refractivity contribution in [2.75, 3.05) is 0 Å². The van der Waals surface area contributed by atoms with E-state index in [4.69, 9.17) is 5.11 Å². The van der Waals surface area contributed by atoms with Crippen LogP contribution in [-0.2, 0) is 0 Å². The van der Waals surface area contributed by atoms with Gasteiger partial charge >= 0.3 is 6.01 Å². The maximum Gasteiger partial charge on any atom is 0.315 e. The maximum atomic E-state index is 8.92. The highest BCUT2D eigenvalue weighted by Crippen LogP contribution is 2.18. The number of hydrogen-bond acceptors (Lipinski definition) is 3. The summed E-state index contributed by atoms with van der Waals surface area (Å²) in [5, 5.41) is 8.92. The SMILES string of the molecule is Oc1nc2cccccc-2n1. The molecular formula is C8H6N2O. The fraction of sp³-hybridized carbons (Fsp3) is 0. The largest absolute Gasteiger partial charge is 0.479 e. The van der Waals surface area contributed by atoms with Crippen LogP contribution in [0.25, 0.3) is 11.4 Å². The van der Waals surface area contributed by atoms with Gasteiger partial charge in [0.1, 0.15) is 0 Å². The van der Waals surface area contributed by atoms with Crippen molar-refractivity contribution < 1.29 is 5.11 Å². The Morgan fingerprint density at radius 2 is 1.45 bits per heavy atom. The fourth-order valence-electron chi connectivity index (χ4n) is 0.958. The van der Waals surface area contributed by atoms with Gasteiger partial charge < -0.3 is 5.11 Å². The molecule has 2 rings (SSSR count). The van der Waals surface area contributed by atoms with Crippen LogP contribution in [0.15, 0.2) is 30.3 Å². The Labute approximate surface area is 63.7 Å². The van der Waals surface area contributed by atoms with Crippen molar-refractivity contribution in [3.05, 3.63) is 30.3 Å². The van der Waals surface area contributed by atoms with Crippen molar-refractivity contribution in [2.45, 2.75) is 0 Å². The number of aromatic nitrogens is 2. The van der Waals surface area contributed by atoms with Crippen molar-refractivity contribution >= 4 is 0 Å². The first-order chi connectivity index (χ1) is 5.36. The van der Waals surface area contributed by atoms with Crippen molar-refractivity contribution in [2.24, 2.45) is 0 Å². The second-order valence-electron chi connectivity index (χ2n) is 2.20. The highest BCUT2D eigenvalue weighted by Gasteiger charge is 2.05. The van der Waals surface area contributed by atoms with E-state index in [1.807, 2.05) is 30.3 Å². The van der Waals surface area contributed by atoms with E-state index in [1.54, 1.807) is 0 Å². The zero-order chi connectivity index (χ0) is 7.68. The summed E-state index contributed by atoms with van der Waals surface area (Å²) in [4.78, 5) is 7.60. The molecule has 1 N–H and O–H groups in total. The van der Waals surface area contributed by atoms with Crippen LogP contribution in [0.4, 0.5) is 0 Å². The van der Waals surface area contributed by atoms with Crippen LogP contribution in [0.3, 0.4) is 0 Å². The van der Waals surface area contributed by atoms with E-state index in [1.165, 1.54) is 0 Å². The molecule has 2 aliphatic rings. The zero-order valence-corrected chi connectivity index (χ0v) is 5.73. The topological polar surface area (TPSA) is 46.0 Å². The summed E-state index contributed by atoms with van der Waals surface area (Å²) in [6.45, 7) is 0. The summed E-state index contributed by atoms with van der Waals surface area (Å²) in [6.07, 6.45) is 0. The molecule has 0 aromatic carbocycles. The Kier molecular flexibility index (Phi) is 1.22.